The highest BCUT2D eigenvalue weighted by molar-refractivity contribution is 5.65. The van der Waals surface area contributed by atoms with Gasteiger partial charge in [-0.05, 0) is 0 Å². The Bertz CT molecular complexity index is 229. The second-order valence-electron chi connectivity index (χ2n) is 4.05. The van der Waals surface area contributed by atoms with E-state index in [1.54, 1.807) is 0 Å². The second kappa shape index (κ2) is 6.15. The van der Waals surface area contributed by atoms with Gasteiger partial charge in [-0.3, -0.25) is 9.69 Å². The topological polar surface area (TPSA) is 79.2 Å². The van der Waals surface area contributed by atoms with Gasteiger partial charge in [-0.2, -0.15) is 0 Å². The standard InChI is InChI=1S/C10H19NO5/c1-9(13)16-8-10(14,7-12)6-11-2-4-15-5-3-11/h12,14H,2-8H2,1H3. The summed E-state index contributed by atoms with van der Waals surface area (Å²) in [5.41, 5.74) is -1.39. The number of nitrogens with zero attached hydrogens (tertiary/aromatic N) is 1. The summed E-state index contributed by atoms with van der Waals surface area (Å²) in [4.78, 5) is 12.6. The van der Waals surface area contributed by atoms with Gasteiger partial charge in [0.1, 0.15) is 12.2 Å². The molecule has 0 saturated carbocycles. The summed E-state index contributed by atoms with van der Waals surface area (Å²) >= 11 is 0. The number of carbonyl (C=O) groups is 1. The van der Waals surface area contributed by atoms with Crippen LogP contribution in [0.1, 0.15) is 6.92 Å². The first-order valence-electron chi connectivity index (χ1n) is 5.32. The average molecular weight is 233 g/mol. The van der Waals surface area contributed by atoms with Crippen molar-refractivity contribution >= 4 is 5.97 Å². The molecule has 0 aromatic carbocycles. The second-order valence-corrected chi connectivity index (χ2v) is 4.05. The summed E-state index contributed by atoms with van der Waals surface area (Å²) in [7, 11) is 0. The van der Waals surface area contributed by atoms with Gasteiger partial charge in [-0.1, -0.05) is 0 Å². The van der Waals surface area contributed by atoms with E-state index in [2.05, 4.69) is 0 Å². The Balaban J connectivity index is 2.40. The van der Waals surface area contributed by atoms with Crippen molar-refractivity contribution in [2.45, 2.75) is 12.5 Å². The molecule has 94 valence electrons. The zero-order chi connectivity index (χ0) is 12.0. The third-order valence-corrected chi connectivity index (χ3v) is 2.46. The fourth-order valence-electron chi connectivity index (χ4n) is 1.55. The number of β-amino-alcohol motifs (C(OH)–C–C–N with tert-alkyl or cyclic N) is 1. The maximum atomic E-state index is 10.6. The first kappa shape index (κ1) is 13.4. The van der Waals surface area contributed by atoms with Gasteiger partial charge in [0.05, 0.1) is 19.8 Å². The number of morpholine rings is 1. The number of aliphatic hydroxyl groups is 2. The molecule has 1 aliphatic heterocycles. The third-order valence-electron chi connectivity index (χ3n) is 2.46. The molecular formula is C10H19NO5. The van der Waals surface area contributed by atoms with Crippen molar-refractivity contribution in [3.05, 3.63) is 0 Å². The van der Waals surface area contributed by atoms with Crippen molar-refractivity contribution < 1.29 is 24.5 Å². The molecule has 0 radical (unpaired) electrons. The molecular weight excluding hydrogens is 214 g/mol. The summed E-state index contributed by atoms with van der Waals surface area (Å²) in [6, 6.07) is 0. The van der Waals surface area contributed by atoms with Gasteiger partial charge < -0.3 is 19.7 Å². The van der Waals surface area contributed by atoms with Crippen LogP contribution in [0.15, 0.2) is 0 Å². The van der Waals surface area contributed by atoms with Crippen LogP contribution in [0.25, 0.3) is 0 Å². The molecule has 0 amide bonds. The van der Waals surface area contributed by atoms with Crippen molar-refractivity contribution in [2.24, 2.45) is 0 Å². The summed E-state index contributed by atoms with van der Waals surface area (Å²) in [6.07, 6.45) is 0. The van der Waals surface area contributed by atoms with Crippen molar-refractivity contribution in [3.63, 3.8) is 0 Å². The highest BCUT2D eigenvalue weighted by Gasteiger charge is 2.31. The van der Waals surface area contributed by atoms with Gasteiger partial charge in [0.25, 0.3) is 0 Å². The predicted molar refractivity (Wildman–Crippen MR) is 55.9 cm³/mol. The molecule has 16 heavy (non-hydrogen) atoms. The Morgan fingerprint density at radius 1 is 1.50 bits per heavy atom. The molecule has 0 bridgehead atoms. The highest BCUT2D eigenvalue weighted by atomic mass is 16.5. The molecule has 1 unspecified atom stereocenters. The minimum Gasteiger partial charge on any atom is -0.463 e. The van der Waals surface area contributed by atoms with Crippen molar-refractivity contribution in [1.82, 2.24) is 4.90 Å². The number of aliphatic hydroxyl groups excluding tert-OH is 1. The van der Waals surface area contributed by atoms with E-state index in [9.17, 15) is 9.90 Å². The molecule has 6 nitrogen and oxygen atoms in total. The minimum absolute atomic E-state index is 0.184. The van der Waals surface area contributed by atoms with Gasteiger partial charge in [0.2, 0.25) is 0 Å². The minimum atomic E-state index is -1.39. The van der Waals surface area contributed by atoms with Gasteiger partial charge in [0, 0.05) is 26.6 Å². The largest absolute Gasteiger partial charge is 0.463 e. The number of rotatable bonds is 5. The molecule has 1 aliphatic rings. The van der Waals surface area contributed by atoms with Gasteiger partial charge in [-0.25, -0.2) is 0 Å². The zero-order valence-electron chi connectivity index (χ0n) is 9.52. The van der Waals surface area contributed by atoms with Crippen LogP contribution in [0.4, 0.5) is 0 Å². The lowest BCUT2D eigenvalue weighted by atomic mass is 10.1. The number of ether oxygens (including phenoxy) is 2. The quantitative estimate of drug-likeness (QED) is 0.569. The molecule has 0 aromatic rings. The summed E-state index contributed by atoms with van der Waals surface area (Å²) in [5, 5.41) is 19.1. The van der Waals surface area contributed by atoms with E-state index in [4.69, 9.17) is 14.6 Å². The molecule has 1 heterocycles. The maximum absolute atomic E-state index is 10.6. The van der Waals surface area contributed by atoms with Crippen LogP contribution in [-0.2, 0) is 14.3 Å². The maximum Gasteiger partial charge on any atom is 0.302 e. The van der Waals surface area contributed by atoms with Crippen molar-refractivity contribution in [3.8, 4) is 0 Å². The van der Waals surface area contributed by atoms with Gasteiger partial charge >= 0.3 is 5.97 Å². The fraction of sp³-hybridized carbons (Fsp3) is 0.900. The van der Waals surface area contributed by atoms with Crippen LogP contribution in [-0.4, -0.2) is 72.7 Å². The lowest BCUT2D eigenvalue weighted by Crippen LogP contribution is -2.52. The molecule has 1 fully saturated rings. The first-order valence-corrected chi connectivity index (χ1v) is 5.32. The summed E-state index contributed by atoms with van der Waals surface area (Å²) in [5.74, 6) is -0.464. The van der Waals surface area contributed by atoms with E-state index < -0.39 is 18.2 Å². The molecule has 0 aromatic heterocycles. The Morgan fingerprint density at radius 2 is 2.12 bits per heavy atom. The Hall–Kier alpha value is -0.690. The molecule has 0 spiro atoms. The van der Waals surface area contributed by atoms with Crippen LogP contribution in [0.2, 0.25) is 0 Å². The normalized spacial score (nSPS) is 21.4. The molecule has 1 saturated heterocycles. The van der Waals surface area contributed by atoms with E-state index in [0.29, 0.717) is 26.3 Å². The van der Waals surface area contributed by atoms with E-state index in [-0.39, 0.29) is 13.2 Å². The van der Waals surface area contributed by atoms with Crippen LogP contribution >= 0.6 is 0 Å². The smallest absolute Gasteiger partial charge is 0.302 e. The Morgan fingerprint density at radius 3 is 2.62 bits per heavy atom. The van der Waals surface area contributed by atoms with Crippen molar-refractivity contribution in [1.29, 1.82) is 0 Å². The van der Waals surface area contributed by atoms with Crippen LogP contribution in [0.5, 0.6) is 0 Å². The van der Waals surface area contributed by atoms with E-state index in [1.165, 1.54) is 6.92 Å². The number of carbonyl (C=O) groups excluding carboxylic acids is 1. The average Bonchev–Trinajstić information content (AvgIpc) is 2.28. The summed E-state index contributed by atoms with van der Waals surface area (Å²) in [6.45, 7) is 3.59. The Kier molecular flexibility index (Phi) is 5.14. The molecule has 1 rings (SSSR count). The van der Waals surface area contributed by atoms with E-state index in [0.717, 1.165) is 0 Å². The SMILES string of the molecule is CC(=O)OCC(O)(CO)CN1CCOCC1. The van der Waals surface area contributed by atoms with Crippen LogP contribution < -0.4 is 0 Å². The van der Waals surface area contributed by atoms with E-state index >= 15 is 0 Å². The number of hydrogen-bond donors (Lipinski definition) is 2. The van der Waals surface area contributed by atoms with Crippen LogP contribution in [0.3, 0.4) is 0 Å². The summed E-state index contributed by atoms with van der Waals surface area (Å²) < 4.78 is 9.91. The first-order chi connectivity index (χ1) is 7.56. The Labute approximate surface area is 94.8 Å². The zero-order valence-corrected chi connectivity index (χ0v) is 9.52. The lowest BCUT2D eigenvalue weighted by Gasteiger charge is -2.34. The molecule has 1 atom stereocenters. The molecule has 2 N–H and O–H groups in total. The number of hydrogen-bond acceptors (Lipinski definition) is 6. The lowest BCUT2D eigenvalue weighted by molar-refractivity contribution is -0.154. The highest BCUT2D eigenvalue weighted by Crippen LogP contribution is 2.09. The van der Waals surface area contributed by atoms with Gasteiger partial charge in [0.15, 0.2) is 0 Å². The van der Waals surface area contributed by atoms with Crippen LogP contribution in [0, 0.1) is 0 Å². The molecule has 0 aliphatic carbocycles. The third kappa shape index (κ3) is 4.44. The molecule has 6 heteroatoms. The fourth-order valence-corrected chi connectivity index (χ4v) is 1.55. The predicted octanol–water partition coefficient (Wildman–Crippen LogP) is -1.39. The van der Waals surface area contributed by atoms with Gasteiger partial charge in [-0.15, -0.1) is 0 Å². The van der Waals surface area contributed by atoms with E-state index in [1.807, 2.05) is 4.90 Å². The number of esters is 1. The monoisotopic (exact) mass is 233 g/mol. The van der Waals surface area contributed by atoms with Crippen molar-refractivity contribution in [2.75, 3.05) is 46.1 Å².